The van der Waals surface area contributed by atoms with Gasteiger partial charge >= 0.3 is 0 Å². The van der Waals surface area contributed by atoms with Gasteiger partial charge in [-0.2, -0.15) is 0 Å². The Hall–Kier alpha value is -1.60. The molecule has 6 aromatic rings. The number of hydrogen-bond donors (Lipinski definition) is 0. The Labute approximate surface area is 172 Å². The molecular formula is C20H8Br2O2S2. The molecule has 6 heteroatoms. The van der Waals surface area contributed by atoms with Gasteiger partial charge < -0.3 is 8.83 Å². The van der Waals surface area contributed by atoms with Gasteiger partial charge in [-0.25, -0.2) is 0 Å². The monoisotopic (exact) mass is 502 g/mol. The highest BCUT2D eigenvalue weighted by molar-refractivity contribution is 9.10. The molecule has 0 aliphatic carbocycles. The minimum Gasteiger partial charge on any atom is -0.455 e. The maximum absolute atomic E-state index is 6.02. The average molecular weight is 504 g/mol. The maximum Gasteiger partial charge on any atom is 0.146 e. The third-order valence-electron chi connectivity index (χ3n) is 4.45. The fourth-order valence-electron chi connectivity index (χ4n) is 3.29. The lowest BCUT2D eigenvalue weighted by Crippen LogP contribution is -1.65. The van der Waals surface area contributed by atoms with Crippen LogP contribution in [-0.2, 0) is 0 Å². The van der Waals surface area contributed by atoms with Gasteiger partial charge in [0.1, 0.15) is 22.3 Å². The van der Waals surface area contributed by atoms with E-state index in [0.29, 0.717) is 0 Å². The molecule has 0 bridgehead atoms. The van der Waals surface area contributed by atoms with E-state index in [1.165, 1.54) is 19.2 Å². The van der Waals surface area contributed by atoms with Gasteiger partial charge in [0, 0.05) is 41.6 Å². The van der Waals surface area contributed by atoms with Crippen LogP contribution in [0.5, 0.6) is 0 Å². The zero-order chi connectivity index (χ0) is 17.4. The minimum atomic E-state index is 0.928. The van der Waals surface area contributed by atoms with Crippen LogP contribution in [0.15, 0.2) is 66.3 Å². The molecule has 126 valence electrons. The zero-order valence-corrected chi connectivity index (χ0v) is 17.8. The summed E-state index contributed by atoms with van der Waals surface area (Å²) < 4.78 is 16.5. The third-order valence-corrected chi connectivity index (χ3v) is 7.93. The molecule has 0 saturated carbocycles. The van der Waals surface area contributed by atoms with Crippen molar-refractivity contribution in [1.82, 2.24) is 0 Å². The number of halogens is 2. The minimum absolute atomic E-state index is 0.928. The molecule has 0 aliphatic rings. The van der Waals surface area contributed by atoms with Crippen LogP contribution in [0.3, 0.4) is 0 Å². The van der Waals surface area contributed by atoms with Crippen LogP contribution in [0.4, 0.5) is 0 Å². The van der Waals surface area contributed by atoms with E-state index in [1.54, 1.807) is 22.7 Å². The first kappa shape index (κ1) is 15.5. The molecule has 2 nitrogen and oxygen atoms in total. The molecule has 0 saturated heterocycles. The number of furan rings is 2. The topological polar surface area (TPSA) is 26.3 Å². The first-order valence-electron chi connectivity index (χ1n) is 7.89. The van der Waals surface area contributed by atoms with Crippen molar-refractivity contribution < 1.29 is 8.83 Å². The van der Waals surface area contributed by atoms with Crippen molar-refractivity contribution in [2.75, 3.05) is 0 Å². The van der Waals surface area contributed by atoms with E-state index in [4.69, 9.17) is 8.83 Å². The molecule has 0 spiro atoms. The molecule has 0 unspecified atom stereocenters. The SMILES string of the molecule is Brc1ccc2oc3cc(-c4cc5oc6ccc(Br)cc6c5s4)sc3c2c1. The van der Waals surface area contributed by atoms with Crippen molar-refractivity contribution in [2.24, 2.45) is 0 Å². The summed E-state index contributed by atoms with van der Waals surface area (Å²) in [6.07, 6.45) is 0. The van der Waals surface area contributed by atoms with Crippen LogP contribution < -0.4 is 0 Å². The van der Waals surface area contributed by atoms with Crippen molar-refractivity contribution in [3.05, 3.63) is 57.5 Å². The molecule has 2 aromatic carbocycles. The van der Waals surface area contributed by atoms with Crippen molar-refractivity contribution in [2.45, 2.75) is 0 Å². The van der Waals surface area contributed by atoms with Crippen LogP contribution in [0, 0.1) is 0 Å². The Balaban J connectivity index is 1.57. The van der Waals surface area contributed by atoms with E-state index >= 15 is 0 Å². The molecule has 26 heavy (non-hydrogen) atoms. The number of benzene rings is 2. The van der Waals surface area contributed by atoms with Crippen molar-refractivity contribution >= 4 is 97.0 Å². The zero-order valence-electron chi connectivity index (χ0n) is 13.0. The molecular weight excluding hydrogens is 496 g/mol. The standard InChI is InChI=1S/C20H8Br2O2S2/c21-9-1-3-13-11(5-9)19-15(23-13)7-17(25-19)18-8-16-20(26-18)12-6-10(22)2-4-14(12)24-16/h1-8H. The Kier molecular flexibility index (Phi) is 3.24. The van der Waals surface area contributed by atoms with E-state index in [0.717, 1.165) is 42.0 Å². The quantitative estimate of drug-likeness (QED) is 0.224. The fraction of sp³-hybridized carbons (Fsp3) is 0. The van der Waals surface area contributed by atoms with Crippen LogP contribution in [0.1, 0.15) is 0 Å². The summed E-state index contributed by atoms with van der Waals surface area (Å²) in [6, 6.07) is 16.5. The van der Waals surface area contributed by atoms with Gasteiger partial charge in [-0.05, 0) is 36.4 Å². The van der Waals surface area contributed by atoms with E-state index < -0.39 is 0 Å². The van der Waals surface area contributed by atoms with E-state index in [1.807, 2.05) is 24.3 Å². The summed E-state index contributed by atoms with van der Waals surface area (Å²) in [5, 5.41) is 2.31. The number of hydrogen-bond acceptors (Lipinski definition) is 4. The van der Waals surface area contributed by atoms with Crippen LogP contribution in [0.2, 0.25) is 0 Å². The highest BCUT2D eigenvalue weighted by Crippen LogP contribution is 2.45. The Morgan fingerprint density at radius 3 is 1.50 bits per heavy atom. The second-order valence-electron chi connectivity index (χ2n) is 6.09. The van der Waals surface area contributed by atoms with Gasteiger partial charge in [0.25, 0.3) is 0 Å². The lowest BCUT2D eigenvalue weighted by molar-refractivity contribution is 0.669. The van der Waals surface area contributed by atoms with Crippen LogP contribution in [-0.4, -0.2) is 0 Å². The first-order valence-corrected chi connectivity index (χ1v) is 11.1. The highest BCUT2D eigenvalue weighted by atomic mass is 79.9. The second kappa shape index (κ2) is 5.45. The molecule has 0 aliphatic heterocycles. The summed E-state index contributed by atoms with van der Waals surface area (Å²) in [6.45, 7) is 0. The second-order valence-corrected chi connectivity index (χ2v) is 10.0. The van der Waals surface area contributed by atoms with Crippen molar-refractivity contribution in [3.8, 4) is 9.75 Å². The molecule has 0 N–H and O–H groups in total. The average Bonchev–Trinajstić information content (AvgIpc) is 3.33. The van der Waals surface area contributed by atoms with Gasteiger partial charge in [0.15, 0.2) is 0 Å². The smallest absolute Gasteiger partial charge is 0.146 e. The number of fused-ring (bicyclic) bond motifs is 6. The molecule has 0 atom stereocenters. The number of thiophene rings is 2. The Morgan fingerprint density at radius 2 is 1.04 bits per heavy atom. The van der Waals surface area contributed by atoms with Gasteiger partial charge in [-0.3, -0.25) is 0 Å². The molecule has 4 aromatic heterocycles. The van der Waals surface area contributed by atoms with E-state index in [9.17, 15) is 0 Å². The van der Waals surface area contributed by atoms with Gasteiger partial charge in [0.2, 0.25) is 0 Å². The third kappa shape index (κ3) is 2.19. The molecule has 0 fully saturated rings. The summed E-state index contributed by atoms with van der Waals surface area (Å²) in [5.74, 6) is 0. The Bertz CT molecular complexity index is 1350. The van der Waals surface area contributed by atoms with Gasteiger partial charge in [-0.1, -0.05) is 31.9 Å². The van der Waals surface area contributed by atoms with Crippen LogP contribution in [0.25, 0.3) is 52.3 Å². The highest BCUT2D eigenvalue weighted by Gasteiger charge is 2.17. The van der Waals surface area contributed by atoms with Gasteiger partial charge in [-0.15, -0.1) is 22.7 Å². The molecule has 0 radical (unpaired) electrons. The molecule has 0 amide bonds. The fourth-order valence-corrected chi connectivity index (χ4v) is 6.30. The summed E-state index contributed by atoms with van der Waals surface area (Å²) >= 11 is 10.6. The van der Waals surface area contributed by atoms with E-state index in [2.05, 4.69) is 56.1 Å². The summed E-state index contributed by atoms with van der Waals surface area (Å²) in [7, 11) is 0. The first-order chi connectivity index (χ1) is 12.7. The van der Waals surface area contributed by atoms with E-state index in [-0.39, 0.29) is 0 Å². The molecule has 4 heterocycles. The number of rotatable bonds is 1. The largest absolute Gasteiger partial charge is 0.455 e. The molecule has 6 rings (SSSR count). The lowest BCUT2D eigenvalue weighted by atomic mass is 10.2. The maximum atomic E-state index is 6.02. The van der Waals surface area contributed by atoms with Crippen molar-refractivity contribution in [3.63, 3.8) is 0 Å². The van der Waals surface area contributed by atoms with Crippen molar-refractivity contribution in [1.29, 1.82) is 0 Å². The van der Waals surface area contributed by atoms with Crippen LogP contribution >= 0.6 is 54.5 Å². The van der Waals surface area contributed by atoms with Gasteiger partial charge in [0.05, 0.1) is 9.40 Å². The summed E-state index contributed by atoms with van der Waals surface area (Å²) in [4.78, 5) is 2.42. The summed E-state index contributed by atoms with van der Waals surface area (Å²) in [5.41, 5.74) is 3.74. The predicted molar refractivity (Wildman–Crippen MR) is 118 cm³/mol. The predicted octanol–water partition coefficient (Wildman–Crippen LogP) is 8.80. The Morgan fingerprint density at radius 1 is 0.577 bits per heavy atom. The normalized spacial score (nSPS) is 12.2. The lowest BCUT2D eigenvalue weighted by Gasteiger charge is -1.92.